The normalized spacial score (nSPS) is 11.3. The van der Waals surface area contributed by atoms with Crippen molar-refractivity contribution in [1.82, 2.24) is 4.98 Å². The van der Waals surface area contributed by atoms with E-state index >= 15 is 0 Å². The first-order valence-corrected chi connectivity index (χ1v) is 7.74. The van der Waals surface area contributed by atoms with E-state index in [0.717, 1.165) is 10.9 Å². The van der Waals surface area contributed by atoms with E-state index in [2.05, 4.69) is 31.1 Å². The van der Waals surface area contributed by atoms with Crippen LogP contribution < -0.4 is 10.1 Å². The molecule has 2 rings (SSSR count). The Morgan fingerprint density at radius 1 is 1.30 bits per heavy atom. The number of para-hydroxylation sites is 1. The lowest BCUT2D eigenvalue weighted by Gasteiger charge is -2.20. The number of fused-ring (bicyclic) bond motifs is 1. The van der Waals surface area contributed by atoms with Crippen LogP contribution in [-0.4, -0.2) is 31.2 Å². The SMILES string of the molecule is CCOC(=O)c1cc2cccc(OC)c2nc1NCC(C)(C)C. The summed E-state index contributed by atoms with van der Waals surface area (Å²) in [6, 6.07) is 7.43. The number of rotatable bonds is 5. The number of nitrogens with zero attached hydrogens (tertiary/aromatic N) is 1. The molecule has 23 heavy (non-hydrogen) atoms. The molecule has 0 amide bonds. The van der Waals surface area contributed by atoms with E-state index in [4.69, 9.17) is 9.47 Å². The first-order valence-electron chi connectivity index (χ1n) is 7.74. The van der Waals surface area contributed by atoms with E-state index in [1.165, 1.54) is 0 Å². The van der Waals surface area contributed by atoms with Crippen LogP contribution in [0.25, 0.3) is 10.9 Å². The number of hydrogen-bond acceptors (Lipinski definition) is 5. The van der Waals surface area contributed by atoms with Gasteiger partial charge in [-0.1, -0.05) is 32.9 Å². The van der Waals surface area contributed by atoms with Crippen LogP contribution in [0.5, 0.6) is 5.75 Å². The number of anilines is 1. The van der Waals surface area contributed by atoms with Gasteiger partial charge in [0, 0.05) is 11.9 Å². The van der Waals surface area contributed by atoms with Crippen molar-refractivity contribution in [3.8, 4) is 5.75 Å². The predicted octanol–water partition coefficient (Wildman–Crippen LogP) is 3.88. The number of nitrogens with one attached hydrogen (secondary N) is 1. The first-order chi connectivity index (χ1) is 10.9. The number of carbonyl (C=O) groups is 1. The van der Waals surface area contributed by atoms with Crippen LogP contribution in [0.15, 0.2) is 24.3 Å². The van der Waals surface area contributed by atoms with Gasteiger partial charge in [-0.25, -0.2) is 9.78 Å². The molecule has 0 saturated heterocycles. The molecule has 0 atom stereocenters. The van der Waals surface area contributed by atoms with Gasteiger partial charge in [-0.2, -0.15) is 0 Å². The highest BCUT2D eigenvalue weighted by Gasteiger charge is 2.19. The summed E-state index contributed by atoms with van der Waals surface area (Å²) < 4.78 is 10.5. The summed E-state index contributed by atoms with van der Waals surface area (Å²) in [6.45, 7) is 9.15. The fraction of sp³-hybridized carbons (Fsp3) is 0.444. The Labute approximate surface area is 137 Å². The minimum atomic E-state index is -0.374. The maximum Gasteiger partial charge on any atom is 0.341 e. The molecule has 1 aromatic heterocycles. The highest BCUT2D eigenvalue weighted by atomic mass is 16.5. The summed E-state index contributed by atoms with van der Waals surface area (Å²) in [5, 5.41) is 4.11. The Bertz CT molecular complexity index is 705. The number of benzene rings is 1. The largest absolute Gasteiger partial charge is 0.494 e. The molecule has 0 fully saturated rings. The van der Waals surface area contributed by atoms with E-state index in [1.54, 1.807) is 20.1 Å². The van der Waals surface area contributed by atoms with E-state index in [0.29, 0.717) is 30.3 Å². The van der Waals surface area contributed by atoms with Crippen molar-refractivity contribution in [3.05, 3.63) is 29.8 Å². The third kappa shape index (κ3) is 4.12. The number of hydrogen-bond donors (Lipinski definition) is 1. The van der Waals surface area contributed by atoms with Gasteiger partial charge in [0.05, 0.1) is 13.7 Å². The first kappa shape index (κ1) is 17.1. The molecule has 124 valence electrons. The number of esters is 1. The van der Waals surface area contributed by atoms with Crippen molar-refractivity contribution < 1.29 is 14.3 Å². The molecule has 0 unspecified atom stereocenters. The van der Waals surface area contributed by atoms with Gasteiger partial charge in [-0.15, -0.1) is 0 Å². The Hall–Kier alpha value is -2.30. The van der Waals surface area contributed by atoms with Crippen LogP contribution >= 0.6 is 0 Å². The molecule has 0 saturated carbocycles. The second-order valence-corrected chi connectivity index (χ2v) is 6.55. The summed E-state index contributed by atoms with van der Waals surface area (Å²) in [5.74, 6) is 0.827. The lowest BCUT2D eigenvalue weighted by Crippen LogP contribution is -2.21. The average molecular weight is 316 g/mol. The van der Waals surface area contributed by atoms with Crippen molar-refractivity contribution in [2.45, 2.75) is 27.7 Å². The Balaban J connectivity index is 2.53. The smallest absolute Gasteiger partial charge is 0.341 e. The highest BCUT2D eigenvalue weighted by molar-refractivity contribution is 6.00. The van der Waals surface area contributed by atoms with Gasteiger partial charge in [0.2, 0.25) is 0 Å². The monoisotopic (exact) mass is 316 g/mol. The number of methoxy groups -OCH3 is 1. The zero-order chi connectivity index (χ0) is 17.0. The van der Waals surface area contributed by atoms with E-state index < -0.39 is 0 Å². The molecular weight excluding hydrogens is 292 g/mol. The Morgan fingerprint density at radius 3 is 2.65 bits per heavy atom. The second kappa shape index (κ2) is 6.86. The number of aromatic nitrogens is 1. The van der Waals surface area contributed by atoms with Gasteiger partial charge >= 0.3 is 5.97 Å². The van der Waals surface area contributed by atoms with Crippen LogP contribution in [0.2, 0.25) is 0 Å². The molecule has 0 aliphatic heterocycles. The van der Waals surface area contributed by atoms with E-state index in [1.807, 2.05) is 18.2 Å². The molecule has 5 nitrogen and oxygen atoms in total. The van der Waals surface area contributed by atoms with Crippen LogP contribution in [0, 0.1) is 5.41 Å². The summed E-state index contributed by atoms with van der Waals surface area (Å²) in [5.41, 5.74) is 1.22. The summed E-state index contributed by atoms with van der Waals surface area (Å²) in [7, 11) is 1.61. The third-order valence-corrected chi connectivity index (χ3v) is 3.31. The maximum atomic E-state index is 12.3. The quantitative estimate of drug-likeness (QED) is 0.848. The Kier molecular flexibility index (Phi) is 5.08. The minimum Gasteiger partial charge on any atom is -0.494 e. The second-order valence-electron chi connectivity index (χ2n) is 6.55. The van der Waals surface area contributed by atoms with Crippen molar-refractivity contribution in [2.75, 3.05) is 25.6 Å². The Morgan fingerprint density at radius 2 is 2.04 bits per heavy atom. The minimum absolute atomic E-state index is 0.0589. The molecule has 5 heteroatoms. The van der Waals surface area contributed by atoms with E-state index in [9.17, 15) is 4.79 Å². The van der Waals surface area contributed by atoms with Crippen LogP contribution in [0.4, 0.5) is 5.82 Å². The number of ether oxygens (including phenoxy) is 2. The molecule has 0 radical (unpaired) electrons. The lowest BCUT2D eigenvalue weighted by atomic mass is 9.97. The maximum absolute atomic E-state index is 12.3. The van der Waals surface area contributed by atoms with Crippen LogP contribution in [-0.2, 0) is 4.74 Å². The summed E-state index contributed by atoms with van der Waals surface area (Å²) in [6.07, 6.45) is 0. The number of pyridine rings is 1. The molecule has 2 aromatic rings. The van der Waals surface area contributed by atoms with Crippen molar-refractivity contribution in [1.29, 1.82) is 0 Å². The zero-order valence-electron chi connectivity index (χ0n) is 14.4. The standard InChI is InChI=1S/C18H24N2O3/c1-6-23-17(21)13-10-12-8-7-9-14(22-5)15(12)20-16(13)19-11-18(2,3)4/h7-10H,6,11H2,1-5H3,(H,19,20). The zero-order valence-corrected chi connectivity index (χ0v) is 14.4. The van der Waals surface area contributed by atoms with Gasteiger partial charge < -0.3 is 14.8 Å². The molecule has 1 N–H and O–H groups in total. The van der Waals surface area contributed by atoms with Crippen molar-refractivity contribution in [2.24, 2.45) is 5.41 Å². The fourth-order valence-corrected chi connectivity index (χ4v) is 2.18. The molecule has 1 heterocycles. The van der Waals surface area contributed by atoms with Gasteiger partial charge in [0.25, 0.3) is 0 Å². The van der Waals surface area contributed by atoms with Crippen LogP contribution in [0.1, 0.15) is 38.1 Å². The van der Waals surface area contributed by atoms with E-state index in [-0.39, 0.29) is 11.4 Å². The summed E-state index contributed by atoms with van der Waals surface area (Å²) >= 11 is 0. The van der Waals surface area contributed by atoms with Gasteiger partial charge in [0.1, 0.15) is 22.6 Å². The molecule has 0 spiro atoms. The van der Waals surface area contributed by atoms with Gasteiger partial charge in [0.15, 0.2) is 0 Å². The summed E-state index contributed by atoms with van der Waals surface area (Å²) in [4.78, 5) is 16.9. The van der Waals surface area contributed by atoms with Crippen molar-refractivity contribution >= 4 is 22.7 Å². The molecule has 1 aromatic carbocycles. The highest BCUT2D eigenvalue weighted by Crippen LogP contribution is 2.28. The molecular formula is C18H24N2O3. The topological polar surface area (TPSA) is 60.5 Å². The van der Waals surface area contributed by atoms with Crippen molar-refractivity contribution in [3.63, 3.8) is 0 Å². The molecule has 0 aliphatic carbocycles. The van der Waals surface area contributed by atoms with Gasteiger partial charge in [-0.3, -0.25) is 0 Å². The predicted molar refractivity (Wildman–Crippen MR) is 92.2 cm³/mol. The third-order valence-electron chi connectivity index (χ3n) is 3.31. The van der Waals surface area contributed by atoms with Gasteiger partial charge in [-0.05, 0) is 24.5 Å². The van der Waals surface area contributed by atoms with Crippen LogP contribution in [0.3, 0.4) is 0 Å². The fourth-order valence-electron chi connectivity index (χ4n) is 2.18. The number of carbonyl (C=O) groups excluding carboxylic acids is 1. The average Bonchev–Trinajstić information content (AvgIpc) is 2.50. The lowest BCUT2D eigenvalue weighted by molar-refractivity contribution is 0.0527. The molecule has 0 bridgehead atoms. The molecule has 0 aliphatic rings.